The number of halogens is 1. The predicted octanol–water partition coefficient (Wildman–Crippen LogP) is 5.20. The summed E-state index contributed by atoms with van der Waals surface area (Å²) in [6.07, 6.45) is 0. The van der Waals surface area contributed by atoms with Gasteiger partial charge in [0, 0.05) is 5.56 Å². The summed E-state index contributed by atoms with van der Waals surface area (Å²) in [6, 6.07) is 23.9. The number of carbonyl (C=O) groups is 2. The van der Waals surface area contributed by atoms with Crippen molar-refractivity contribution in [1.82, 2.24) is 0 Å². The van der Waals surface area contributed by atoms with Crippen molar-refractivity contribution in [3.8, 4) is 5.75 Å². The Labute approximate surface area is 172 Å². The molecule has 0 aliphatic rings. The van der Waals surface area contributed by atoms with Crippen LogP contribution in [0.1, 0.15) is 31.8 Å². The van der Waals surface area contributed by atoms with E-state index in [9.17, 15) is 9.59 Å². The number of carbonyl (C=O) groups excluding carboxylic acids is 2. The van der Waals surface area contributed by atoms with Crippen molar-refractivity contribution >= 4 is 27.7 Å². The summed E-state index contributed by atoms with van der Waals surface area (Å²) in [4.78, 5) is 24.7. The largest absolute Gasteiger partial charge is 0.488 e. The normalized spacial score (nSPS) is 10.3. The molecule has 3 rings (SSSR count). The summed E-state index contributed by atoms with van der Waals surface area (Å²) in [5, 5.41) is 0.176. The van der Waals surface area contributed by atoms with Gasteiger partial charge in [0.2, 0.25) is 0 Å². The zero-order valence-electron chi connectivity index (χ0n) is 15.1. The van der Waals surface area contributed by atoms with E-state index in [0.717, 1.165) is 11.1 Å². The van der Waals surface area contributed by atoms with E-state index < -0.39 is 5.97 Å². The molecule has 0 fully saturated rings. The van der Waals surface area contributed by atoms with Crippen LogP contribution in [0, 0.1) is 0 Å². The number of alkyl halides is 1. The molecule has 0 radical (unpaired) electrons. The Morgan fingerprint density at radius 2 is 1.39 bits per heavy atom. The van der Waals surface area contributed by atoms with Crippen molar-refractivity contribution in [1.29, 1.82) is 0 Å². The van der Waals surface area contributed by atoms with Gasteiger partial charge in [-0.1, -0.05) is 76.6 Å². The van der Waals surface area contributed by atoms with Gasteiger partial charge in [-0.2, -0.15) is 0 Å². The second kappa shape index (κ2) is 9.85. The van der Waals surface area contributed by atoms with Crippen LogP contribution in [0.25, 0.3) is 0 Å². The molecule has 0 aliphatic heterocycles. The molecule has 142 valence electrons. The van der Waals surface area contributed by atoms with Gasteiger partial charge in [-0.05, 0) is 29.3 Å². The van der Waals surface area contributed by atoms with Crippen LogP contribution < -0.4 is 4.74 Å². The monoisotopic (exact) mass is 438 g/mol. The zero-order chi connectivity index (χ0) is 19.8. The standard InChI is InChI=1S/C23H19BrO4/c24-14-21(25)19-11-12-22(27-15-17-7-3-1-4-8-17)20(13-19)23(26)28-16-18-9-5-2-6-10-18/h1-13H,14-16H2. The molecule has 4 nitrogen and oxygen atoms in total. The van der Waals surface area contributed by atoms with Crippen molar-refractivity contribution in [3.05, 3.63) is 101 Å². The van der Waals surface area contributed by atoms with Gasteiger partial charge in [0.1, 0.15) is 24.5 Å². The summed E-state index contributed by atoms with van der Waals surface area (Å²) in [7, 11) is 0. The lowest BCUT2D eigenvalue weighted by Gasteiger charge is -2.13. The molecule has 0 saturated heterocycles. The van der Waals surface area contributed by atoms with Crippen LogP contribution in [0.3, 0.4) is 0 Å². The first-order valence-electron chi connectivity index (χ1n) is 8.78. The van der Waals surface area contributed by atoms with Crippen molar-refractivity contribution in [2.24, 2.45) is 0 Å². The lowest BCUT2D eigenvalue weighted by atomic mass is 10.1. The Balaban J connectivity index is 1.80. The Morgan fingerprint density at radius 1 is 0.786 bits per heavy atom. The number of hydrogen-bond acceptors (Lipinski definition) is 4. The zero-order valence-corrected chi connectivity index (χ0v) is 16.7. The fourth-order valence-corrected chi connectivity index (χ4v) is 2.93. The highest BCUT2D eigenvalue weighted by Crippen LogP contribution is 2.24. The van der Waals surface area contributed by atoms with Gasteiger partial charge in [-0.25, -0.2) is 4.79 Å². The second-order valence-electron chi connectivity index (χ2n) is 6.10. The average molecular weight is 439 g/mol. The quantitative estimate of drug-likeness (QED) is 0.275. The number of esters is 1. The van der Waals surface area contributed by atoms with Gasteiger partial charge in [0.05, 0.1) is 5.33 Å². The van der Waals surface area contributed by atoms with Crippen molar-refractivity contribution in [2.45, 2.75) is 13.2 Å². The highest BCUT2D eigenvalue weighted by molar-refractivity contribution is 9.09. The smallest absolute Gasteiger partial charge is 0.342 e. The molecule has 0 aliphatic carbocycles. The molecule has 3 aromatic carbocycles. The van der Waals surface area contributed by atoms with Gasteiger partial charge < -0.3 is 9.47 Å². The minimum atomic E-state index is -0.531. The fourth-order valence-electron chi connectivity index (χ4n) is 2.60. The Kier molecular flexibility index (Phi) is 6.98. The Bertz CT molecular complexity index is 939. The molecule has 0 saturated carbocycles. The molecule has 5 heteroatoms. The maximum Gasteiger partial charge on any atom is 0.342 e. The molecule has 3 aromatic rings. The Hall–Kier alpha value is -2.92. The van der Waals surface area contributed by atoms with E-state index in [1.54, 1.807) is 12.1 Å². The number of Topliss-reactive ketones (excluding diaryl/α,β-unsaturated/α-hetero) is 1. The second-order valence-corrected chi connectivity index (χ2v) is 6.66. The third-order valence-electron chi connectivity index (χ3n) is 4.09. The van der Waals surface area contributed by atoms with Gasteiger partial charge in [0.15, 0.2) is 5.78 Å². The molecule has 28 heavy (non-hydrogen) atoms. The van der Waals surface area contributed by atoms with Gasteiger partial charge in [0.25, 0.3) is 0 Å². The van der Waals surface area contributed by atoms with Crippen LogP contribution in [0.5, 0.6) is 5.75 Å². The first kappa shape index (κ1) is 19.8. The Morgan fingerprint density at radius 3 is 2.00 bits per heavy atom. The van der Waals surface area contributed by atoms with E-state index in [0.29, 0.717) is 17.9 Å². The van der Waals surface area contributed by atoms with Gasteiger partial charge in [-0.3, -0.25) is 4.79 Å². The van der Waals surface area contributed by atoms with Crippen molar-refractivity contribution < 1.29 is 19.1 Å². The van der Waals surface area contributed by atoms with Crippen LogP contribution in [0.2, 0.25) is 0 Å². The van der Waals surface area contributed by atoms with Crippen LogP contribution in [-0.2, 0) is 18.0 Å². The first-order valence-corrected chi connectivity index (χ1v) is 9.90. The highest BCUT2D eigenvalue weighted by Gasteiger charge is 2.18. The average Bonchev–Trinajstić information content (AvgIpc) is 2.76. The summed E-state index contributed by atoms with van der Waals surface area (Å²) in [6.45, 7) is 0.458. The first-order chi connectivity index (χ1) is 13.7. The van der Waals surface area contributed by atoms with E-state index in [1.165, 1.54) is 6.07 Å². The maximum atomic E-state index is 12.7. The molecular weight excluding hydrogens is 420 g/mol. The molecule has 0 spiro atoms. The van der Waals surface area contributed by atoms with Crippen molar-refractivity contribution in [3.63, 3.8) is 0 Å². The lowest BCUT2D eigenvalue weighted by molar-refractivity contribution is 0.0467. The SMILES string of the molecule is O=C(CBr)c1ccc(OCc2ccccc2)c(C(=O)OCc2ccccc2)c1. The predicted molar refractivity (Wildman–Crippen MR) is 111 cm³/mol. The minimum Gasteiger partial charge on any atom is -0.488 e. The summed E-state index contributed by atoms with van der Waals surface area (Å²) in [5.41, 5.74) is 2.52. The maximum absolute atomic E-state index is 12.7. The van der Waals surface area contributed by atoms with Gasteiger partial charge >= 0.3 is 5.97 Å². The minimum absolute atomic E-state index is 0.119. The molecule has 0 N–H and O–H groups in total. The molecule has 0 bridgehead atoms. The van der Waals surface area contributed by atoms with E-state index in [-0.39, 0.29) is 23.3 Å². The highest BCUT2D eigenvalue weighted by atomic mass is 79.9. The summed E-state index contributed by atoms with van der Waals surface area (Å²) < 4.78 is 11.3. The lowest BCUT2D eigenvalue weighted by Crippen LogP contribution is -2.10. The molecule has 0 aromatic heterocycles. The third-order valence-corrected chi connectivity index (χ3v) is 4.60. The van der Waals surface area contributed by atoms with Crippen molar-refractivity contribution in [2.75, 3.05) is 5.33 Å². The molecule has 0 unspecified atom stereocenters. The van der Waals surface area contributed by atoms with E-state index in [1.807, 2.05) is 60.7 Å². The molecule has 0 amide bonds. The number of ether oxygens (including phenoxy) is 2. The van der Waals surface area contributed by atoms with Crippen LogP contribution in [0.4, 0.5) is 0 Å². The number of ketones is 1. The molecule has 0 heterocycles. The van der Waals surface area contributed by atoms with E-state index in [4.69, 9.17) is 9.47 Å². The van der Waals surface area contributed by atoms with Crippen LogP contribution in [0.15, 0.2) is 78.9 Å². The van der Waals surface area contributed by atoms with Gasteiger partial charge in [-0.15, -0.1) is 0 Å². The summed E-state index contributed by atoms with van der Waals surface area (Å²) >= 11 is 3.16. The topological polar surface area (TPSA) is 52.6 Å². The number of rotatable bonds is 8. The van der Waals surface area contributed by atoms with Crippen LogP contribution in [-0.4, -0.2) is 17.1 Å². The number of benzene rings is 3. The fraction of sp³-hybridized carbons (Fsp3) is 0.130. The van der Waals surface area contributed by atoms with E-state index >= 15 is 0 Å². The molecule has 0 atom stereocenters. The molecular formula is C23H19BrO4. The third kappa shape index (κ3) is 5.30. The van der Waals surface area contributed by atoms with E-state index in [2.05, 4.69) is 15.9 Å². The van der Waals surface area contributed by atoms with Crippen LogP contribution >= 0.6 is 15.9 Å². The summed E-state index contributed by atoms with van der Waals surface area (Å²) in [5.74, 6) is -0.268. The number of hydrogen-bond donors (Lipinski definition) is 0.